The van der Waals surface area contributed by atoms with Crippen LogP contribution < -0.4 is 9.64 Å². The Labute approximate surface area is 315 Å². The Morgan fingerprint density at radius 2 is 0.778 bits per heavy atom. The quantitative estimate of drug-likeness (QED) is 0.165. The number of hydrogen-bond donors (Lipinski definition) is 0. The van der Waals surface area contributed by atoms with Gasteiger partial charge >= 0.3 is 0 Å². The summed E-state index contributed by atoms with van der Waals surface area (Å²) < 4.78 is 6.84. The number of para-hydroxylation sites is 1. The van der Waals surface area contributed by atoms with Crippen molar-refractivity contribution in [1.29, 1.82) is 0 Å². The van der Waals surface area contributed by atoms with Crippen LogP contribution in [-0.2, 0) is 0 Å². The molecule has 0 radical (unpaired) electrons. The van der Waals surface area contributed by atoms with Gasteiger partial charge in [0.05, 0.1) is 0 Å². The number of ether oxygens (including phenoxy) is 1. The van der Waals surface area contributed by atoms with E-state index in [1.807, 2.05) is 0 Å². The van der Waals surface area contributed by atoms with E-state index in [4.69, 9.17) is 4.74 Å². The third-order valence-electron chi connectivity index (χ3n) is 10.4. The lowest BCUT2D eigenvalue weighted by Crippen LogP contribution is -2.10. The molecule has 10 rings (SSSR count). The van der Waals surface area contributed by atoms with Gasteiger partial charge in [0, 0.05) is 34.1 Å². The van der Waals surface area contributed by atoms with Crippen LogP contribution in [0.3, 0.4) is 0 Å². The highest BCUT2D eigenvalue weighted by atomic mass is 16.5. The van der Waals surface area contributed by atoms with Gasteiger partial charge in [-0.05, 0) is 116 Å². The molecule has 0 bridgehead atoms. The first-order chi connectivity index (χ1) is 26.8. The fourth-order valence-electron chi connectivity index (χ4n) is 7.85. The van der Waals surface area contributed by atoms with Crippen LogP contribution in [0.15, 0.2) is 212 Å². The molecule has 0 fully saturated rings. The molecule has 1 heterocycles. The molecule has 9 aromatic rings. The van der Waals surface area contributed by atoms with Crippen LogP contribution in [0.4, 0.5) is 17.1 Å². The Kier molecular flexibility index (Phi) is 7.85. The van der Waals surface area contributed by atoms with Crippen molar-refractivity contribution < 1.29 is 4.74 Å². The molecule has 0 atom stereocenters. The highest BCUT2D eigenvalue weighted by molar-refractivity contribution is 6.10. The van der Waals surface area contributed by atoms with E-state index in [1.54, 1.807) is 0 Å². The molecule has 1 aliphatic heterocycles. The van der Waals surface area contributed by atoms with E-state index in [9.17, 15) is 0 Å². The van der Waals surface area contributed by atoms with Crippen LogP contribution in [0.5, 0.6) is 11.5 Å². The van der Waals surface area contributed by atoms with E-state index in [2.05, 4.69) is 217 Å². The first kappa shape index (κ1) is 31.6. The van der Waals surface area contributed by atoms with Gasteiger partial charge in [0.25, 0.3) is 0 Å². The van der Waals surface area contributed by atoms with E-state index < -0.39 is 0 Å². The molecule has 9 aromatic carbocycles. The van der Waals surface area contributed by atoms with Crippen LogP contribution in [0.25, 0.3) is 66.4 Å². The van der Waals surface area contributed by atoms with Gasteiger partial charge in [-0.25, -0.2) is 0 Å². The number of nitrogens with zero attached hydrogens (tertiary/aromatic N) is 1. The molecule has 0 saturated carbocycles. The van der Waals surface area contributed by atoms with Crippen LogP contribution in [0, 0.1) is 0 Å². The third-order valence-corrected chi connectivity index (χ3v) is 10.4. The topological polar surface area (TPSA) is 12.5 Å². The maximum atomic E-state index is 6.84. The maximum absolute atomic E-state index is 6.84. The standard InChI is InChI=1S/C52H35NO/c1-5-14-36(15-6-1)39-24-26-44(27-25-39)53(43-20-11-4-12-21-43)45-28-29-47-49-23-13-22-48-46(30-31-50(52(48)49)54-51(47)35-45)42-33-40(37-16-7-2-8-17-37)32-41(34-42)38-18-9-3-10-19-38/h1-35H. The van der Waals surface area contributed by atoms with Gasteiger partial charge in [-0.3, -0.25) is 0 Å². The van der Waals surface area contributed by atoms with E-state index in [-0.39, 0.29) is 0 Å². The molecule has 0 N–H and O–H groups in total. The molecule has 2 nitrogen and oxygen atoms in total. The van der Waals surface area contributed by atoms with E-state index in [1.165, 1.54) is 55.5 Å². The van der Waals surface area contributed by atoms with Crippen LogP contribution in [-0.4, -0.2) is 0 Å². The summed E-state index contributed by atoms with van der Waals surface area (Å²) in [5.74, 6) is 1.72. The highest BCUT2D eigenvalue weighted by Crippen LogP contribution is 2.51. The van der Waals surface area contributed by atoms with Gasteiger partial charge in [-0.2, -0.15) is 0 Å². The van der Waals surface area contributed by atoms with E-state index in [0.717, 1.165) is 39.5 Å². The molecule has 1 aliphatic rings. The predicted molar refractivity (Wildman–Crippen MR) is 226 cm³/mol. The zero-order chi connectivity index (χ0) is 35.8. The van der Waals surface area contributed by atoms with Crippen molar-refractivity contribution in [3.05, 3.63) is 212 Å². The smallest absolute Gasteiger partial charge is 0.137 e. The van der Waals surface area contributed by atoms with Crippen LogP contribution >= 0.6 is 0 Å². The van der Waals surface area contributed by atoms with Gasteiger partial charge in [0.1, 0.15) is 11.5 Å². The molecule has 0 aromatic heterocycles. The van der Waals surface area contributed by atoms with Crippen molar-refractivity contribution in [2.75, 3.05) is 4.90 Å². The lowest BCUT2D eigenvalue weighted by atomic mass is 9.88. The van der Waals surface area contributed by atoms with Gasteiger partial charge in [0.15, 0.2) is 0 Å². The summed E-state index contributed by atoms with van der Waals surface area (Å²) in [6.45, 7) is 0. The first-order valence-corrected chi connectivity index (χ1v) is 18.4. The minimum Gasteiger partial charge on any atom is -0.456 e. The van der Waals surface area contributed by atoms with Crippen LogP contribution in [0.1, 0.15) is 0 Å². The van der Waals surface area contributed by atoms with Crippen molar-refractivity contribution in [1.82, 2.24) is 0 Å². The molecule has 54 heavy (non-hydrogen) atoms. The maximum Gasteiger partial charge on any atom is 0.137 e. The van der Waals surface area contributed by atoms with Crippen molar-refractivity contribution >= 4 is 27.8 Å². The first-order valence-electron chi connectivity index (χ1n) is 18.4. The lowest BCUT2D eigenvalue weighted by molar-refractivity contribution is 0.487. The number of fused-ring (bicyclic) bond motifs is 2. The summed E-state index contributed by atoms with van der Waals surface area (Å²) in [5.41, 5.74) is 15.0. The minimum absolute atomic E-state index is 0.847. The zero-order valence-corrected chi connectivity index (χ0v) is 29.6. The molecule has 0 amide bonds. The average molecular weight is 690 g/mol. The summed E-state index contributed by atoms with van der Waals surface area (Å²) >= 11 is 0. The Morgan fingerprint density at radius 1 is 0.278 bits per heavy atom. The largest absolute Gasteiger partial charge is 0.456 e. The summed E-state index contributed by atoms with van der Waals surface area (Å²) in [5, 5.41) is 2.31. The van der Waals surface area contributed by atoms with Crippen molar-refractivity contribution in [3.8, 4) is 67.1 Å². The average Bonchev–Trinajstić information content (AvgIpc) is 3.25. The summed E-state index contributed by atoms with van der Waals surface area (Å²) in [7, 11) is 0. The second-order valence-electron chi connectivity index (χ2n) is 13.7. The SMILES string of the molecule is c1ccc(-c2ccc(N(c3ccccc3)c3ccc4c(c3)Oc3ccc(-c5cc(-c6ccccc6)cc(-c6ccccc6)c5)c5cccc-4c35)cc2)cc1. The zero-order valence-electron chi connectivity index (χ0n) is 29.6. The normalized spacial score (nSPS) is 11.5. The second-order valence-corrected chi connectivity index (χ2v) is 13.7. The number of hydrogen-bond acceptors (Lipinski definition) is 2. The van der Waals surface area contributed by atoms with Crippen molar-refractivity contribution in [2.24, 2.45) is 0 Å². The third kappa shape index (κ3) is 5.71. The lowest BCUT2D eigenvalue weighted by Gasteiger charge is -2.28. The second kappa shape index (κ2) is 13.4. The Balaban J connectivity index is 1.07. The molecule has 0 spiro atoms. The van der Waals surface area contributed by atoms with E-state index >= 15 is 0 Å². The van der Waals surface area contributed by atoms with E-state index in [0.29, 0.717) is 0 Å². The number of rotatable bonds is 7. The summed E-state index contributed by atoms with van der Waals surface area (Å²) in [6.07, 6.45) is 0. The van der Waals surface area contributed by atoms with Gasteiger partial charge in [-0.1, -0.05) is 146 Å². The molecule has 0 unspecified atom stereocenters. The number of benzene rings is 9. The van der Waals surface area contributed by atoms with Crippen molar-refractivity contribution in [2.45, 2.75) is 0 Å². The molecular formula is C52H35NO. The summed E-state index contributed by atoms with van der Waals surface area (Å²) in [6, 6.07) is 75.7. The summed E-state index contributed by atoms with van der Waals surface area (Å²) in [4.78, 5) is 2.29. The predicted octanol–water partition coefficient (Wildman–Crippen LogP) is 14.8. The monoisotopic (exact) mass is 689 g/mol. The molecule has 0 saturated heterocycles. The fourth-order valence-corrected chi connectivity index (χ4v) is 7.85. The Hall–Kier alpha value is -7.16. The number of anilines is 3. The van der Waals surface area contributed by atoms with Crippen molar-refractivity contribution in [3.63, 3.8) is 0 Å². The molecule has 0 aliphatic carbocycles. The Bertz CT molecular complexity index is 2700. The minimum atomic E-state index is 0.847. The molecule has 2 heteroatoms. The van der Waals surface area contributed by atoms with Gasteiger partial charge in [0.2, 0.25) is 0 Å². The fraction of sp³-hybridized carbons (Fsp3) is 0. The molecular weight excluding hydrogens is 655 g/mol. The van der Waals surface area contributed by atoms with Gasteiger partial charge in [-0.15, -0.1) is 0 Å². The highest BCUT2D eigenvalue weighted by Gasteiger charge is 2.24. The van der Waals surface area contributed by atoms with Gasteiger partial charge < -0.3 is 9.64 Å². The Morgan fingerprint density at radius 3 is 1.41 bits per heavy atom. The molecule has 254 valence electrons. The van der Waals surface area contributed by atoms with Crippen LogP contribution in [0.2, 0.25) is 0 Å².